The molecular weight excluding hydrogens is 424 g/mol. The largest absolute Gasteiger partial charge is 0.493 e. The molecule has 3 rings (SSSR count). The molecule has 1 heterocycles. The first-order chi connectivity index (χ1) is 15.0. The Morgan fingerprint density at radius 2 is 1.94 bits per heavy atom. The van der Waals surface area contributed by atoms with Gasteiger partial charge in [-0.1, -0.05) is 12.1 Å². The van der Waals surface area contributed by atoms with E-state index in [4.69, 9.17) is 18.9 Å². The molecule has 162 valence electrons. The van der Waals surface area contributed by atoms with Crippen molar-refractivity contribution >= 4 is 23.0 Å². The van der Waals surface area contributed by atoms with Gasteiger partial charge in [-0.05, 0) is 31.2 Å². The van der Waals surface area contributed by atoms with E-state index in [1.54, 1.807) is 18.6 Å². The van der Waals surface area contributed by atoms with Crippen LogP contribution in [0.1, 0.15) is 12.6 Å². The van der Waals surface area contributed by atoms with Gasteiger partial charge in [0, 0.05) is 17.0 Å². The molecule has 0 aliphatic heterocycles. The van der Waals surface area contributed by atoms with Gasteiger partial charge in [-0.3, -0.25) is 10.1 Å². The number of nitro groups is 1. The highest BCUT2D eigenvalue weighted by Gasteiger charge is 2.16. The van der Waals surface area contributed by atoms with Crippen LogP contribution in [0.5, 0.6) is 17.2 Å². The van der Waals surface area contributed by atoms with Crippen molar-refractivity contribution < 1.29 is 28.7 Å². The maximum Gasteiger partial charge on any atom is 0.344 e. The van der Waals surface area contributed by atoms with E-state index in [0.29, 0.717) is 23.8 Å². The topological polar surface area (TPSA) is 110 Å². The number of thiazole rings is 1. The average Bonchev–Trinajstić information content (AvgIpc) is 3.26. The molecule has 0 saturated carbocycles. The van der Waals surface area contributed by atoms with E-state index in [9.17, 15) is 14.9 Å². The second-order valence-electron chi connectivity index (χ2n) is 6.12. The van der Waals surface area contributed by atoms with Crippen LogP contribution in [0.15, 0.2) is 47.8 Å². The fourth-order valence-corrected chi connectivity index (χ4v) is 3.45. The Morgan fingerprint density at radius 1 is 1.13 bits per heavy atom. The van der Waals surface area contributed by atoms with Gasteiger partial charge in [0.15, 0.2) is 23.9 Å². The predicted molar refractivity (Wildman–Crippen MR) is 114 cm³/mol. The van der Waals surface area contributed by atoms with Gasteiger partial charge in [0.25, 0.3) is 0 Å². The molecule has 0 amide bonds. The lowest BCUT2D eigenvalue weighted by atomic mass is 10.2. The zero-order valence-corrected chi connectivity index (χ0v) is 17.7. The SMILES string of the molecule is CCOc1ccc(-c2nc(COC(=O)COc3ccccc3[N+](=O)[O-])cs2)cc1OC. The van der Waals surface area contributed by atoms with Crippen molar-refractivity contribution in [3.05, 3.63) is 63.7 Å². The van der Waals surface area contributed by atoms with Crippen LogP contribution in [0.2, 0.25) is 0 Å². The van der Waals surface area contributed by atoms with E-state index in [1.165, 1.54) is 29.5 Å². The van der Waals surface area contributed by atoms with Crippen molar-refractivity contribution in [3.63, 3.8) is 0 Å². The third-order valence-electron chi connectivity index (χ3n) is 4.05. The number of benzene rings is 2. The molecule has 9 nitrogen and oxygen atoms in total. The molecule has 10 heteroatoms. The highest BCUT2D eigenvalue weighted by molar-refractivity contribution is 7.13. The maximum atomic E-state index is 12.0. The molecule has 2 aromatic carbocycles. The molecule has 0 aliphatic rings. The number of nitrogens with zero attached hydrogens (tertiary/aromatic N) is 2. The number of rotatable bonds is 10. The zero-order chi connectivity index (χ0) is 22.2. The van der Waals surface area contributed by atoms with Crippen LogP contribution >= 0.6 is 11.3 Å². The Labute approximate surface area is 182 Å². The van der Waals surface area contributed by atoms with Crippen molar-refractivity contribution in [3.8, 4) is 27.8 Å². The minimum Gasteiger partial charge on any atom is -0.493 e. The number of hydrogen-bond donors (Lipinski definition) is 0. The molecule has 31 heavy (non-hydrogen) atoms. The Kier molecular flexibility index (Phi) is 7.39. The third-order valence-corrected chi connectivity index (χ3v) is 4.99. The van der Waals surface area contributed by atoms with Crippen LogP contribution in [-0.2, 0) is 16.1 Å². The minimum absolute atomic E-state index is 0.00448. The summed E-state index contributed by atoms with van der Waals surface area (Å²) in [6, 6.07) is 11.3. The lowest BCUT2D eigenvalue weighted by Crippen LogP contribution is -2.15. The number of para-hydroxylation sites is 2. The van der Waals surface area contributed by atoms with Crippen LogP contribution in [0.25, 0.3) is 10.6 Å². The van der Waals surface area contributed by atoms with E-state index >= 15 is 0 Å². The second kappa shape index (κ2) is 10.4. The normalized spacial score (nSPS) is 10.4. The first kappa shape index (κ1) is 22.0. The predicted octanol–water partition coefficient (Wildman–Crippen LogP) is 4.25. The van der Waals surface area contributed by atoms with E-state index in [-0.39, 0.29) is 18.0 Å². The summed E-state index contributed by atoms with van der Waals surface area (Å²) in [5.41, 5.74) is 1.21. The minimum atomic E-state index is -0.657. The number of nitro benzene ring substituents is 1. The van der Waals surface area contributed by atoms with Gasteiger partial charge in [-0.15, -0.1) is 11.3 Å². The van der Waals surface area contributed by atoms with Crippen LogP contribution < -0.4 is 14.2 Å². The summed E-state index contributed by atoms with van der Waals surface area (Å²) in [4.78, 5) is 26.8. The van der Waals surface area contributed by atoms with Crippen molar-refractivity contribution in [2.45, 2.75) is 13.5 Å². The Hall–Kier alpha value is -3.66. The maximum absolute atomic E-state index is 12.0. The van der Waals surface area contributed by atoms with E-state index < -0.39 is 17.5 Å². The fraction of sp³-hybridized carbons (Fsp3) is 0.238. The Balaban J connectivity index is 1.57. The summed E-state index contributed by atoms with van der Waals surface area (Å²) in [5, 5.41) is 13.5. The number of methoxy groups -OCH3 is 1. The molecule has 0 N–H and O–H groups in total. The third kappa shape index (κ3) is 5.70. The van der Waals surface area contributed by atoms with E-state index in [0.717, 1.165) is 10.6 Å². The smallest absolute Gasteiger partial charge is 0.344 e. The highest BCUT2D eigenvalue weighted by atomic mass is 32.1. The van der Waals surface area contributed by atoms with Crippen LogP contribution in [0.4, 0.5) is 5.69 Å². The van der Waals surface area contributed by atoms with E-state index in [1.807, 2.05) is 25.1 Å². The molecule has 0 atom stereocenters. The lowest BCUT2D eigenvalue weighted by molar-refractivity contribution is -0.385. The number of ether oxygens (including phenoxy) is 4. The average molecular weight is 444 g/mol. The molecular formula is C21H20N2O7S. The number of aromatic nitrogens is 1. The highest BCUT2D eigenvalue weighted by Crippen LogP contribution is 2.34. The zero-order valence-electron chi connectivity index (χ0n) is 16.9. The molecule has 0 bridgehead atoms. The second-order valence-corrected chi connectivity index (χ2v) is 6.97. The molecule has 0 aliphatic carbocycles. The molecule has 1 aromatic heterocycles. The first-order valence-corrected chi connectivity index (χ1v) is 10.2. The molecule has 0 unspecified atom stereocenters. The van der Waals surface area contributed by atoms with Gasteiger partial charge >= 0.3 is 11.7 Å². The monoisotopic (exact) mass is 444 g/mol. The lowest BCUT2D eigenvalue weighted by Gasteiger charge is -2.10. The molecule has 3 aromatic rings. The van der Waals surface area contributed by atoms with Gasteiger partial charge in [0.05, 0.1) is 24.3 Å². The van der Waals surface area contributed by atoms with Gasteiger partial charge in [-0.25, -0.2) is 9.78 Å². The summed E-state index contributed by atoms with van der Waals surface area (Å²) in [6.07, 6.45) is 0. The van der Waals surface area contributed by atoms with Crippen molar-refractivity contribution in [2.75, 3.05) is 20.3 Å². The Morgan fingerprint density at radius 3 is 2.68 bits per heavy atom. The summed E-state index contributed by atoms with van der Waals surface area (Å²) in [7, 11) is 1.57. The Bertz CT molecular complexity index is 1070. The number of hydrogen-bond acceptors (Lipinski definition) is 9. The van der Waals surface area contributed by atoms with Crippen LogP contribution in [-0.4, -0.2) is 36.2 Å². The van der Waals surface area contributed by atoms with Crippen molar-refractivity contribution in [1.29, 1.82) is 0 Å². The molecule has 0 saturated heterocycles. The quantitative estimate of drug-likeness (QED) is 0.259. The van der Waals surface area contributed by atoms with Crippen LogP contribution in [0, 0.1) is 10.1 Å². The summed E-state index contributed by atoms with van der Waals surface area (Å²) in [6.45, 7) is 1.94. The summed E-state index contributed by atoms with van der Waals surface area (Å²) >= 11 is 1.40. The number of esters is 1. The first-order valence-electron chi connectivity index (χ1n) is 9.29. The van der Waals surface area contributed by atoms with Gasteiger partial charge < -0.3 is 18.9 Å². The summed E-state index contributed by atoms with van der Waals surface area (Å²) < 4.78 is 21.3. The number of carbonyl (C=O) groups excluding carboxylic acids is 1. The van der Waals surface area contributed by atoms with Crippen molar-refractivity contribution in [1.82, 2.24) is 4.98 Å². The van der Waals surface area contributed by atoms with Crippen molar-refractivity contribution in [2.24, 2.45) is 0 Å². The van der Waals surface area contributed by atoms with Gasteiger partial charge in [0.2, 0.25) is 0 Å². The van der Waals surface area contributed by atoms with Gasteiger partial charge in [-0.2, -0.15) is 0 Å². The molecule has 0 spiro atoms. The summed E-state index contributed by atoms with van der Waals surface area (Å²) in [5.74, 6) is 0.605. The van der Waals surface area contributed by atoms with Crippen LogP contribution in [0.3, 0.4) is 0 Å². The van der Waals surface area contributed by atoms with E-state index in [2.05, 4.69) is 4.98 Å². The fourth-order valence-electron chi connectivity index (χ4n) is 2.64. The van der Waals surface area contributed by atoms with Gasteiger partial charge in [0.1, 0.15) is 11.6 Å². The molecule has 0 radical (unpaired) electrons. The molecule has 0 fully saturated rings. The standard InChI is InChI=1S/C21H20N2O7S/c1-3-28-18-9-8-14(10-19(18)27-2)21-22-15(13-31-21)11-30-20(24)12-29-17-7-5-4-6-16(17)23(25)26/h4-10,13H,3,11-12H2,1-2H3. The number of carbonyl (C=O) groups is 1.